The third-order valence-electron chi connectivity index (χ3n) is 6.38. The Morgan fingerprint density at radius 1 is 0.806 bits per heavy atom. The molecule has 5 heteroatoms. The van der Waals surface area contributed by atoms with Gasteiger partial charge in [-0.25, -0.2) is 4.98 Å². The number of hydrogen-bond acceptors (Lipinski definition) is 4. The molecule has 0 aliphatic rings. The fourth-order valence-corrected chi connectivity index (χ4v) is 5.22. The van der Waals surface area contributed by atoms with Crippen molar-refractivity contribution in [1.29, 1.82) is 0 Å². The molecule has 3 aromatic carbocycles. The van der Waals surface area contributed by atoms with Gasteiger partial charge in [0, 0.05) is 23.5 Å². The van der Waals surface area contributed by atoms with Crippen molar-refractivity contribution in [2.75, 3.05) is 0 Å². The zero-order chi connectivity index (χ0) is 25.5. The number of benzene rings is 3. The largest absolute Gasteiger partial charge is 0.278 e. The van der Waals surface area contributed by atoms with Gasteiger partial charge in [-0.05, 0) is 63.9 Å². The van der Waals surface area contributed by atoms with Crippen LogP contribution in [-0.4, -0.2) is 21.4 Å². The third kappa shape index (κ3) is 4.89. The van der Waals surface area contributed by atoms with Crippen LogP contribution in [0.4, 0.5) is 5.69 Å². The molecule has 0 bridgehead atoms. The van der Waals surface area contributed by atoms with Gasteiger partial charge < -0.3 is 0 Å². The number of para-hydroxylation sites is 2. The van der Waals surface area contributed by atoms with Gasteiger partial charge in [0.25, 0.3) is 0 Å². The summed E-state index contributed by atoms with van der Waals surface area (Å²) in [6.45, 7) is 13.6. The monoisotopic (exact) mass is 492 g/mol. The second kappa shape index (κ2) is 9.14. The van der Waals surface area contributed by atoms with E-state index >= 15 is 0 Å². The Morgan fingerprint density at radius 3 is 2.17 bits per heavy atom. The standard InChI is InChI=1S/C31H32N4S/c1-30(2,3)21-16-20(17-22(18-21)31(4,5)6)19-32-25-12-8-7-10-24(25)29-34-28-23(26-14-15-33-35-26)11-9-13-27(28)36-29/h7-19H,1-6H3,(H,33,35). The zero-order valence-electron chi connectivity index (χ0n) is 21.8. The number of fused-ring (bicyclic) bond motifs is 1. The first-order valence-electron chi connectivity index (χ1n) is 12.3. The maximum absolute atomic E-state index is 5.04. The topological polar surface area (TPSA) is 53.9 Å². The predicted octanol–water partition coefficient (Wildman–Crippen LogP) is 8.70. The Balaban J connectivity index is 1.56. The summed E-state index contributed by atoms with van der Waals surface area (Å²) < 4.78 is 1.14. The number of rotatable bonds is 4. The van der Waals surface area contributed by atoms with Crippen LogP contribution < -0.4 is 0 Å². The summed E-state index contributed by atoms with van der Waals surface area (Å²) in [6, 6.07) is 23.4. The fraction of sp³-hybridized carbons (Fsp3) is 0.258. The number of H-pyrrole nitrogens is 1. The lowest BCUT2D eigenvalue weighted by molar-refractivity contribution is 0.568. The number of thiazole rings is 1. The second-order valence-electron chi connectivity index (χ2n) is 11.3. The predicted molar refractivity (Wildman–Crippen MR) is 154 cm³/mol. The number of aromatic nitrogens is 3. The molecule has 0 atom stereocenters. The molecule has 0 radical (unpaired) electrons. The van der Waals surface area contributed by atoms with Crippen LogP contribution >= 0.6 is 11.3 Å². The summed E-state index contributed by atoms with van der Waals surface area (Å²) in [6.07, 6.45) is 3.76. The smallest absolute Gasteiger partial charge is 0.126 e. The molecule has 182 valence electrons. The SMILES string of the molecule is CC(C)(C)c1cc(C=Nc2ccccc2-c2nc3c(-c4ccn[nH]4)cccc3s2)cc(C(C)(C)C)c1. The Kier molecular flexibility index (Phi) is 6.13. The van der Waals surface area contributed by atoms with Crippen molar-refractivity contribution in [3.05, 3.63) is 89.6 Å². The van der Waals surface area contributed by atoms with Gasteiger partial charge in [0.05, 0.1) is 21.6 Å². The van der Waals surface area contributed by atoms with Gasteiger partial charge in [0.15, 0.2) is 0 Å². The Bertz CT molecular complexity index is 1510. The maximum atomic E-state index is 5.04. The Labute approximate surface area is 217 Å². The normalized spacial score (nSPS) is 12.6. The molecule has 0 saturated heterocycles. The molecule has 0 aliphatic carbocycles. The molecular weight excluding hydrogens is 460 g/mol. The molecule has 0 unspecified atom stereocenters. The molecule has 1 N–H and O–H groups in total. The van der Waals surface area contributed by atoms with Crippen molar-refractivity contribution in [3.8, 4) is 21.8 Å². The van der Waals surface area contributed by atoms with Gasteiger partial charge >= 0.3 is 0 Å². The second-order valence-corrected chi connectivity index (χ2v) is 12.3. The van der Waals surface area contributed by atoms with Crippen molar-refractivity contribution >= 4 is 33.5 Å². The highest BCUT2D eigenvalue weighted by Crippen LogP contribution is 2.38. The van der Waals surface area contributed by atoms with E-state index in [2.05, 4.69) is 100 Å². The quantitative estimate of drug-likeness (QED) is 0.255. The van der Waals surface area contributed by atoms with E-state index in [0.29, 0.717) is 0 Å². The average molecular weight is 493 g/mol. The minimum absolute atomic E-state index is 0.0646. The maximum Gasteiger partial charge on any atom is 0.126 e. The highest BCUT2D eigenvalue weighted by molar-refractivity contribution is 7.21. The van der Waals surface area contributed by atoms with Crippen LogP contribution in [0.5, 0.6) is 0 Å². The first-order valence-corrected chi connectivity index (χ1v) is 13.1. The average Bonchev–Trinajstić information content (AvgIpc) is 3.51. The minimum Gasteiger partial charge on any atom is -0.278 e. The number of aliphatic imine (C=N–C) groups is 1. The van der Waals surface area contributed by atoms with Crippen LogP contribution in [0.15, 0.2) is 77.9 Å². The molecule has 2 heterocycles. The number of nitrogens with zero attached hydrogens (tertiary/aromatic N) is 3. The minimum atomic E-state index is 0.0646. The lowest BCUT2D eigenvalue weighted by Crippen LogP contribution is -2.17. The molecule has 0 fully saturated rings. The zero-order valence-corrected chi connectivity index (χ0v) is 22.6. The van der Waals surface area contributed by atoms with Crippen molar-refractivity contribution in [2.24, 2.45) is 4.99 Å². The molecular formula is C31H32N4S. The van der Waals surface area contributed by atoms with E-state index < -0.39 is 0 Å². The van der Waals surface area contributed by atoms with E-state index in [4.69, 9.17) is 9.98 Å². The molecule has 4 nitrogen and oxygen atoms in total. The third-order valence-corrected chi connectivity index (χ3v) is 7.44. The van der Waals surface area contributed by atoms with E-state index in [1.807, 2.05) is 24.4 Å². The van der Waals surface area contributed by atoms with Gasteiger partial charge in [-0.2, -0.15) is 5.10 Å². The number of nitrogens with one attached hydrogen (secondary N) is 1. The summed E-state index contributed by atoms with van der Waals surface area (Å²) in [5, 5.41) is 8.14. The molecule has 0 saturated carbocycles. The lowest BCUT2D eigenvalue weighted by atomic mass is 9.79. The van der Waals surface area contributed by atoms with Crippen LogP contribution in [0.25, 0.3) is 32.0 Å². The van der Waals surface area contributed by atoms with E-state index in [0.717, 1.165) is 43.3 Å². The van der Waals surface area contributed by atoms with Crippen LogP contribution in [0.1, 0.15) is 58.2 Å². The molecule has 5 aromatic rings. The van der Waals surface area contributed by atoms with Gasteiger partial charge in [0.1, 0.15) is 5.01 Å². The van der Waals surface area contributed by atoms with Crippen LogP contribution in [-0.2, 0) is 10.8 Å². The summed E-state index contributed by atoms with van der Waals surface area (Å²) in [5.74, 6) is 0. The van der Waals surface area contributed by atoms with Gasteiger partial charge in [0.2, 0.25) is 0 Å². The van der Waals surface area contributed by atoms with Crippen molar-refractivity contribution in [2.45, 2.75) is 52.4 Å². The summed E-state index contributed by atoms with van der Waals surface area (Å²) >= 11 is 1.69. The van der Waals surface area contributed by atoms with E-state index in [1.165, 1.54) is 11.1 Å². The molecule has 0 spiro atoms. The van der Waals surface area contributed by atoms with Crippen LogP contribution in [0.2, 0.25) is 0 Å². The molecule has 5 rings (SSSR count). The molecule has 0 aliphatic heterocycles. The summed E-state index contributed by atoms with van der Waals surface area (Å²) in [4.78, 5) is 10.0. The fourth-order valence-electron chi connectivity index (χ4n) is 4.19. The Hall–Kier alpha value is -3.57. The highest BCUT2D eigenvalue weighted by atomic mass is 32.1. The molecule has 2 aromatic heterocycles. The first-order chi connectivity index (χ1) is 17.1. The van der Waals surface area contributed by atoms with Crippen molar-refractivity contribution in [3.63, 3.8) is 0 Å². The summed E-state index contributed by atoms with van der Waals surface area (Å²) in [5.41, 5.74) is 8.85. The number of aromatic amines is 1. The van der Waals surface area contributed by atoms with Gasteiger partial charge in [-0.1, -0.05) is 71.9 Å². The van der Waals surface area contributed by atoms with Crippen molar-refractivity contribution < 1.29 is 0 Å². The Morgan fingerprint density at radius 2 is 1.50 bits per heavy atom. The van der Waals surface area contributed by atoms with Crippen LogP contribution in [0.3, 0.4) is 0 Å². The van der Waals surface area contributed by atoms with E-state index in [1.54, 1.807) is 17.5 Å². The van der Waals surface area contributed by atoms with E-state index in [9.17, 15) is 0 Å². The number of hydrogen-bond donors (Lipinski definition) is 1. The van der Waals surface area contributed by atoms with Gasteiger partial charge in [-0.15, -0.1) is 11.3 Å². The lowest BCUT2D eigenvalue weighted by Gasteiger charge is -2.25. The molecule has 0 amide bonds. The van der Waals surface area contributed by atoms with Crippen molar-refractivity contribution in [1.82, 2.24) is 15.2 Å². The first kappa shape index (κ1) is 24.1. The highest BCUT2D eigenvalue weighted by Gasteiger charge is 2.20. The summed E-state index contributed by atoms with van der Waals surface area (Å²) in [7, 11) is 0. The molecule has 36 heavy (non-hydrogen) atoms. The van der Waals surface area contributed by atoms with Crippen LogP contribution in [0, 0.1) is 0 Å². The van der Waals surface area contributed by atoms with Gasteiger partial charge in [-0.3, -0.25) is 10.1 Å². The van der Waals surface area contributed by atoms with E-state index in [-0.39, 0.29) is 10.8 Å².